The highest BCUT2D eigenvalue weighted by Gasteiger charge is 2.07. The molecule has 0 aromatic heterocycles. The van der Waals surface area contributed by atoms with E-state index in [1.807, 2.05) is 5.48 Å². The summed E-state index contributed by atoms with van der Waals surface area (Å²) in [6.45, 7) is 0. The summed E-state index contributed by atoms with van der Waals surface area (Å²) in [5, 5.41) is 9.26. The fraction of sp³-hybridized carbons (Fsp3) is 0. The molecular weight excluding hydrogens is 217 g/mol. The Morgan fingerprint density at radius 2 is 2.08 bits per heavy atom. The van der Waals surface area contributed by atoms with E-state index in [1.54, 1.807) is 18.2 Å². The summed E-state index contributed by atoms with van der Waals surface area (Å²) in [5.74, 6) is 0. The van der Waals surface area contributed by atoms with Gasteiger partial charge in [0.1, 0.15) is 4.99 Å². The van der Waals surface area contributed by atoms with Gasteiger partial charge in [0, 0.05) is 5.56 Å². The lowest BCUT2D eigenvalue weighted by molar-refractivity contribution is 0.238. The molecule has 0 spiro atoms. The van der Waals surface area contributed by atoms with E-state index in [2.05, 4.69) is 0 Å². The topological polar surface area (TPSA) is 32.3 Å². The van der Waals surface area contributed by atoms with Gasteiger partial charge in [-0.05, 0) is 6.07 Å². The number of hydrogen-bond acceptors (Lipinski definition) is 2. The molecule has 0 fully saturated rings. The smallest absolute Gasteiger partial charge is 0.132 e. The van der Waals surface area contributed by atoms with Crippen LogP contribution in [0.2, 0.25) is 10.0 Å². The Kier molecular flexibility index (Phi) is 3.29. The molecule has 0 amide bonds. The van der Waals surface area contributed by atoms with Crippen molar-refractivity contribution in [3.05, 3.63) is 33.8 Å². The molecule has 0 heterocycles. The van der Waals surface area contributed by atoms with Gasteiger partial charge < -0.3 is 0 Å². The van der Waals surface area contributed by atoms with Crippen molar-refractivity contribution in [3.8, 4) is 0 Å². The molecule has 0 unspecified atom stereocenters. The number of nitrogens with one attached hydrogen (secondary N) is 1. The molecule has 2 N–H and O–H groups in total. The summed E-state index contributed by atoms with van der Waals surface area (Å²) in [7, 11) is 0. The molecule has 1 aromatic carbocycles. The van der Waals surface area contributed by atoms with Gasteiger partial charge in [-0.2, -0.15) is 0 Å². The van der Waals surface area contributed by atoms with Crippen LogP contribution in [-0.2, 0) is 0 Å². The average molecular weight is 222 g/mol. The fourth-order valence-electron chi connectivity index (χ4n) is 0.739. The lowest BCUT2D eigenvalue weighted by Gasteiger charge is -2.04. The largest absolute Gasteiger partial charge is 0.290 e. The maximum Gasteiger partial charge on any atom is 0.132 e. The number of rotatable bonds is 1. The molecule has 0 bridgehead atoms. The fourth-order valence-corrected chi connectivity index (χ4v) is 1.36. The van der Waals surface area contributed by atoms with Gasteiger partial charge >= 0.3 is 0 Å². The maximum absolute atomic E-state index is 8.51. The van der Waals surface area contributed by atoms with Gasteiger partial charge in [-0.1, -0.05) is 47.6 Å². The highest BCUT2D eigenvalue weighted by atomic mass is 35.5. The second kappa shape index (κ2) is 4.05. The van der Waals surface area contributed by atoms with Crippen LogP contribution in [0.3, 0.4) is 0 Å². The van der Waals surface area contributed by atoms with Crippen molar-refractivity contribution >= 4 is 40.4 Å². The van der Waals surface area contributed by atoms with Crippen molar-refractivity contribution in [1.29, 1.82) is 0 Å². The average Bonchev–Trinajstić information content (AvgIpc) is 2.08. The van der Waals surface area contributed by atoms with Gasteiger partial charge in [0.25, 0.3) is 0 Å². The van der Waals surface area contributed by atoms with Gasteiger partial charge in [0.2, 0.25) is 0 Å². The van der Waals surface area contributed by atoms with Gasteiger partial charge in [-0.25, -0.2) is 0 Å². The van der Waals surface area contributed by atoms with E-state index in [0.29, 0.717) is 15.6 Å². The van der Waals surface area contributed by atoms with Crippen molar-refractivity contribution in [2.45, 2.75) is 0 Å². The number of hydrogen-bond donors (Lipinski definition) is 2. The van der Waals surface area contributed by atoms with E-state index in [9.17, 15) is 0 Å². The molecule has 0 saturated carbocycles. The zero-order valence-corrected chi connectivity index (χ0v) is 8.17. The lowest BCUT2D eigenvalue weighted by atomic mass is 10.2. The van der Waals surface area contributed by atoms with Crippen molar-refractivity contribution in [2.75, 3.05) is 0 Å². The highest BCUT2D eigenvalue weighted by molar-refractivity contribution is 7.80. The van der Waals surface area contributed by atoms with Crippen LogP contribution in [0.15, 0.2) is 18.2 Å². The lowest BCUT2D eigenvalue weighted by Crippen LogP contribution is -2.17. The Morgan fingerprint density at radius 1 is 1.42 bits per heavy atom. The molecule has 0 atom stereocenters. The summed E-state index contributed by atoms with van der Waals surface area (Å²) < 4.78 is 0. The van der Waals surface area contributed by atoms with Crippen molar-refractivity contribution < 1.29 is 5.21 Å². The Morgan fingerprint density at radius 3 is 2.67 bits per heavy atom. The van der Waals surface area contributed by atoms with Crippen LogP contribution < -0.4 is 5.48 Å². The first kappa shape index (κ1) is 9.74. The Balaban J connectivity index is 3.16. The molecule has 0 radical (unpaired) electrons. The van der Waals surface area contributed by atoms with E-state index < -0.39 is 0 Å². The normalized spacial score (nSPS) is 9.58. The van der Waals surface area contributed by atoms with E-state index >= 15 is 0 Å². The first-order valence-electron chi connectivity index (χ1n) is 3.05. The minimum absolute atomic E-state index is 0.155. The van der Waals surface area contributed by atoms with Crippen LogP contribution in [0.1, 0.15) is 5.56 Å². The summed E-state index contributed by atoms with van der Waals surface area (Å²) in [5.41, 5.74) is 2.35. The molecule has 0 saturated heterocycles. The number of hydroxylamine groups is 1. The zero-order valence-electron chi connectivity index (χ0n) is 5.84. The number of thiocarbonyl (C=S) groups is 1. The SMILES string of the molecule is ONC(=S)c1cccc(Cl)c1Cl. The van der Waals surface area contributed by atoms with Gasteiger partial charge in [-0.15, -0.1) is 0 Å². The Bertz CT molecular complexity index is 316. The Hall–Kier alpha value is -0.350. The van der Waals surface area contributed by atoms with E-state index in [4.69, 9.17) is 40.6 Å². The summed E-state index contributed by atoms with van der Waals surface area (Å²) >= 11 is 16.3. The van der Waals surface area contributed by atoms with E-state index in [0.717, 1.165) is 0 Å². The van der Waals surface area contributed by atoms with Crippen LogP contribution in [0.5, 0.6) is 0 Å². The number of benzene rings is 1. The zero-order chi connectivity index (χ0) is 9.14. The van der Waals surface area contributed by atoms with Crippen LogP contribution in [0, 0.1) is 0 Å². The second-order valence-corrected chi connectivity index (χ2v) is 3.24. The molecule has 5 heteroatoms. The minimum atomic E-state index is 0.155. The number of halogens is 2. The van der Waals surface area contributed by atoms with Gasteiger partial charge in [0.05, 0.1) is 10.0 Å². The Labute approximate surface area is 85.1 Å². The standard InChI is InChI=1S/C7H5Cl2NOS/c8-5-3-1-2-4(6(5)9)7(12)10-11/h1-3,11H,(H,10,12). The third-order valence-corrected chi connectivity index (χ3v) is 2.43. The second-order valence-electron chi connectivity index (χ2n) is 2.04. The van der Waals surface area contributed by atoms with E-state index in [1.165, 1.54) is 0 Å². The molecule has 2 nitrogen and oxygen atoms in total. The molecule has 1 aromatic rings. The van der Waals surface area contributed by atoms with Gasteiger partial charge in [-0.3, -0.25) is 10.7 Å². The van der Waals surface area contributed by atoms with Gasteiger partial charge in [0.15, 0.2) is 0 Å². The molecule has 0 aliphatic carbocycles. The van der Waals surface area contributed by atoms with Crippen LogP contribution in [0.4, 0.5) is 0 Å². The maximum atomic E-state index is 8.51. The predicted octanol–water partition coefficient (Wildman–Crippen LogP) is 2.65. The highest BCUT2D eigenvalue weighted by Crippen LogP contribution is 2.25. The molecule has 64 valence electrons. The van der Waals surface area contributed by atoms with Crippen molar-refractivity contribution in [1.82, 2.24) is 5.48 Å². The van der Waals surface area contributed by atoms with Crippen molar-refractivity contribution in [2.24, 2.45) is 0 Å². The molecule has 0 aliphatic heterocycles. The summed E-state index contributed by atoms with van der Waals surface area (Å²) in [4.78, 5) is 0.155. The third-order valence-electron chi connectivity index (χ3n) is 1.30. The molecule has 0 aliphatic rings. The quantitative estimate of drug-likeness (QED) is 0.565. The first-order valence-corrected chi connectivity index (χ1v) is 4.21. The van der Waals surface area contributed by atoms with Crippen LogP contribution in [0.25, 0.3) is 0 Å². The predicted molar refractivity (Wildman–Crippen MR) is 53.1 cm³/mol. The molecule has 12 heavy (non-hydrogen) atoms. The third kappa shape index (κ3) is 1.87. The molecular formula is C7H5Cl2NOS. The van der Waals surface area contributed by atoms with Crippen LogP contribution in [-0.4, -0.2) is 10.2 Å². The first-order chi connectivity index (χ1) is 5.66. The summed E-state index contributed by atoms with van der Waals surface area (Å²) in [6.07, 6.45) is 0. The minimum Gasteiger partial charge on any atom is -0.290 e. The van der Waals surface area contributed by atoms with E-state index in [-0.39, 0.29) is 4.99 Å². The monoisotopic (exact) mass is 221 g/mol. The van der Waals surface area contributed by atoms with Crippen molar-refractivity contribution in [3.63, 3.8) is 0 Å². The molecule has 1 rings (SSSR count). The van der Waals surface area contributed by atoms with Crippen LogP contribution >= 0.6 is 35.4 Å². The summed E-state index contributed by atoms with van der Waals surface area (Å²) in [6, 6.07) is 5.01.